The van der Waals surface area contributed by atoms with Gasteiger partial charge in [-0.1, -0.05) is 38.5 Å². The van der Waals surface area contributed by atoms with Gasteiger partial charge < -0.3 is 31.8 Å². The van der Waals surface area contributed by atoms with Gasteiger partial charge in [-0.2, -0.15) is 24.4 Å². The largest absolute Gasteiger partial charge is 0.480 e. The maximum atomic E-state index is 13.2. The Morgan fingerprint density at radius 3 is 2.38 bits per heavy atom. The van der Waals surface area contributed by atoms with Gasteiger partial charge in [0, 0.05) is 22.9 Å². The molecule has 7 N–H and O–H groups in total. The molecule has 37 heavy (non-hydrogen) atoms. The Morgan fingerprint density at radius 1 is 1.08 bits per heavy atom. The normalized spacial score (nSPS) is 15.3. The standard InChI is InChI=1S/C25H37N5O5S2/c1-4-14(2)21(24(33)29-20(13-36)23(32)28-19(25(34)35)9-10-37-3)30-22(31)17(26)11-15-12-27-18-8-6-5-7-16(15)18/h5-8,12,14,17,19-21,27,36H,4,9-11,13,26H2,1-3H3,(H,28,32)(H,29,33)(H,30,31)(H,34,35). The predicted molar refractivity (Wildman–Crippen MR) is 150 cm³/mol. The number of aromatic nitrogens is 1. The quantitative estimate of drug-likeness (QED) is 0.164. The molecule has 5 unspecified atom stereocenters. The zero-order valence-electron chi connectivity index (χ0n) is 21.3. The number of hydrogen-bond donors (Lipinski definition) is 7. The van der Waals surface area contributed by atoms with E-state index >= 15 is 0 Å². The number of benzene rings is 1. The van der Waals surface area contributed by atoms with Gasteiger partial charge in [0.15, 0.2) is 0 Å². The molecule has 1 heterocycles. The second-order valence-electron chi connectivity index (χ2n) is 8.97. The zero-order chi connectivity index (χ0) is 27.5. The first-order chi connectivity index (χ1) is 17.6. The van der Waals surface area contributed by atoms with Crippen molar-refractivity contribution in [1.29, 1.82) is 0 Å². The minimum Gasteiger partial charge on any atom is -0.480 e. The van der Waals surface area contributed by atoms with E-state index in [0.29, 0.717) is 12.2 Å². The molecule has 0 bridgehead atoms. The molecule has 10 nitrogen and oxygen atoms in total. The highest BCUT2D eigenvalue weighted by Gasteiger charge is 2.32. The minimum absolute atomic E-state index is 0.0479. The third-order valence-corrected chi connectivity index (χ3v) is 7.29. The summed E-state index contributed by atoms with van der Waals surface area (Å²) in [5.74, 6) is -2.60. The zero-order valence-corrected chi connectivity index (χ0v) is 23.0. The van der Waals surface area contributed by atoms with Gasteiger partial charge in [-0.3, -0.25) is 14.4 Å². The summed E-state index contributed by atoms with van der Waals surface area (Å²) in [6.45, 7) is 3.70. The van der Waals surface area contributed by atoms with Crippen molar-refractivity contribution in [3.05, 3.63) is 36.0 Å². The van der Waals surface area contributed by atoms with E-state index in [1.54, 1.807) is 0 Å². The molecule has 2 aromatic rings. The lowest BCUT2D eigenvalue weighted by molar-refractivity contribution is -0.142. The lowest BCUT2D eigenvalue weighted by Gasteiger charge is -2.27. The summed E-state index contributed by atoms with van der Waals surface area (Å²) >= 11 is 5.63. The SMILES string of the molecule is CCC(C)C(NC(=O)C(N)Cc1c[nH]c2ccccc12)C(=O)NC(CS)C(=O)NC(CCSC)C(=O)O. The summed E-state index contributed by atoms with van der Waals surface area (Å²) in [5, 5.41) is 18.2. The molecule has 0 saturated heterocycles. The number of thioether (sulfide) groups is 1. The van der Waals surface area contributed by atoms with Crippen LogP contribution in [0.15, 0.2) is 30.5 Å². The average Bonchev–Trinajstić information content (AvgIpc) is 3.29. The second-order valence-corrected chi connectivity index (χ2v) is 10.3. The van der Waals surface area contributed by atoms with Crippen LogP contribution in [-0.2, 0) is 25.6 Å². The summed E-state index contributed by atoms with van der Waals surface area (Å²) in [6.07, 6.45) is 4.77. The molecule has 5 atom stereocenters. The lowest BCUT2D eigenvalue weighted by atomic mass is 9.97. The van der Waals surface area contributed by atoms with Crippen LogP contribution in [0, 0.1) is 5.92 Å². The molecule has 3 amide bonds. The lowest BCUT2D eigenvalue weighted by Crippen LogP contribution is -2.59. The van der Waals surface area contributed by atoms with Crippen LogP contribution in [0.1, 0.15) is 32.3 Å². The molecule has 0 fully saturated rings. The highest BCUT2D eigenvalue weighted by molar-refractivity contribution is 7.98. The van der Waals surface area contributed by atoms with Gasteiger partial charge in [0.25, 0.3) is 0 Å². The third kappa shape index (κ3) is 8.68. The van der Waals surface area contributed by atoms with E-state index in [2.05, 4.69) is 33.6 Å². The van der Waals surface area contributed by atoms with Crippen LogP contribution in [0.4, 0.5) is 0 Å². The first kappa shape index (κ1) is 30.5. The smallest absolute Gasteiger partial charge is 0.326 e. The van der Waals surface area contributed by atoms with Crippen molar-refractivity contribution < 1.29 is 24.3 Å². The molecule has 0 aliphatic rings. The number of H-pyrrole nitrogens is 1. The highest BCUT2D eigenvalue weighted by Crippen LogP contribution is 2.19. The van der Waals surface area contributed by atoms with Crippen LogP contribution in [0.5, 0.6) is 0 Å². The number of thiol groups is 1. The Bertz CT molecular complexity index is 1080. The van der Waals surface area contributed by atoms with Crippen molar-refractivity contribution in [1.82, 2.24) is 20.9 Å². The number of hydrogen-bond acceptors (Lipinski definition) is 7. The van der Waals surface area contributed by atoms with Gasteiger partial charge >= 0.3 is 5.97 Å². The maximum Gasteiger partial charge on any atom is 0.326 e. The number of carbonyl (C=O) groups excluding carboxylic acids is 3. The number of aromatic amines is 1. The highest BCUT2D eigenvalue weighted by atomic mass is 32.2. The van der Waals surface area contributed by atoms with Crippen molar-refractivity contribution in [2.45, 2.75) is 57.3 Å². The molecule has 1 aromatic carbocycles. The number of amides is 3. The fourth-order valence-corrected chi connectivity index (χ4v) is 4.54. The second kappa shape index (κ2) is 14.9. The number of nitrogens with one attached hydrogen (secondary N) is 4. The Hall–Kier alpha value is -2.70. The van der Waals surface area contributed by atoms with Gasteiger partial charge in [-0.05, 0) is 42.4 Å². The Kier molecular flexibility index (Phi) is 12.3. The first-order valence-corrected chi connectivity index (χ1v) is 14.2. The van der Waals surface area contributed by atoms with Crippen molar-refractivity contribution in [3.8, 4) is 0 Å². The molecule has 0 spiro atoms. The Morgan fingerprint density at radius 2 is 1.76 bits per heavy atom. The van der Waals surface area contributed by atoms with Gasteiger partial charge in [-0.15, -0.1) is 0 Å². The number of aliphatic carboxylic acids is 1. The van der Waals surface area contributed by atoms with E-state index in [4.69, 9.17) is 5.73 Å². The summed E-state index contributed by atoms with van der Waals surface area (Å²) in [7, 11) is 0. The van der Waals surface area contributed by atoms with Gasteiger partial charge in [-0.25, -0.2) is 4.79 Å². The molecule has 0 aliphatic heterocycles. The van der Waals surface area contributed by atoms with Crippen LogP contribution in [0.2, 0.25) is 0 Å². The molecule has 1 aromatic heterocycles. The molecule has 0 aliphatic carbocycles. The van der Waals surface area contributed by atoms with Crippen molar-refractivity contribution in [3.63, 3.8) is 0 Å². The minimum atomic E-state index is -1.15. The summed E-state index contributed by atoms with van der Waals surface area (Å²) in [4.78, 5) is 53.5. The van der Waals surface area contributed by atoms with E-state index < -0.39 is 47.9 Å². The summed E-state index contributed by atoms with van der Waals surface area (Å²) in [6, 6.07) is 3.72. The van der Waals surface area contributed by atoms with E-state index in [-0.39, 0.29) is 24.5 Å². The first-order valence-electron chi connectivity index (χ1n) is 12.2. The topological polar surface area (TPSA) is 166 Å². The fraction of sp³-hybridized carbons (Fsp3) is 0.520. The maximum absolute atomic E-state index is 13.2. The van der Waals surface area contributed by atoms with E-state index in [9.17, 15) is 24.3 Å². The number of para-hydroxylation sites is 1. The molecular formula is C25H37N5O5S2. The van der Waals surface area contributed by atoms with Gasteiger partial charge in [0.2, 0.25) is 17.7 Å². The van der Waals surface area contributed by atoms with Gasteiger partial charge in [0.1, 0.15) is 18.1 Å². The van der Waals surface area contributed by atoms with E-state index in [0.717, 1.165) is 16.5 Å². The number of carboxylic acid groups (broad SMARTS) is 1. The summed E-state index contributed by atoms with van der Waals surface area (Å²) in [5.41, 5.74) is 8.03. The Balaban J connectivity index is 2.06. The monoisotopic (exact) mass is 551 g/mol. The van der Waals surface area contributed by atoms with Crippen LogP contribution < -0.4 is 21.7 Å². The van der Waals surface area contributed by atoms with E-state index in [1.807, 2.05) is 50.6 Å². The van der Waals surface area contributed by atoms with Crippen molar-refractivity contribution in [2.24, 2.45) is 11.7 Å². The summed E-state index contributed by atoms with van der Waals surface area (Å²) < 4.78 is 0. The van der Waals surface area contributed by atoms with Crippen LogP contribution in [0.3, 0.4) is 0 Å². The van der Waals surface area contributed by atoms with E-state index in [1.165, 1.54) is 11.8 Å². The fourth-order valence-electron chi connectivity index (χ4n) is 3.81. The number of nitrogens with two attached hydrogens (primary N) is 1. The third-order valence-electron chi connectivity index (χ3n) is 6.29. The molecule has 2 rings (SSSR count). The van der Waals surface area contributed by atoms with Crippen LogP contribution in [0.25, 0.3) is 10.9 Å². The number of carboxylic acids is 1. The molecule has 0 radical (unpaired) electrons. The number of fused-ring (bicyclic) bond motifs is 1. The molecule has 204 valence electrons. The van der Waals surface area contributed by atoms with Crippen LogP contribution in [-0.4, -0.2) is 75.7 Å². The number of rotatable bonds is 15. The van der Waals surface area contributed by atoms with Crippen molar-refractivity contribution in [2.75, 3.05) is 17.8 Å². The molecular weight excluding hydrogens is 514 g/mol. The average molecular weight is 552 g/mol. The van der Waals surface area contributed by atoms with Crippen LogP contribution >= 0.6 is 24.4 Å². The molecule has 0 saturated carbocycles. The molecule has 12 heteroatoms. The van der Waals surface area contributed by atoms with Crippen molar-refractivity contribution >= 4 is 59.0 Å². The predicted octanol–water partition coefficient (Wildman–Crippen LogP) is 1.31. The van der Waals surface area contributed by atoms with Gasteiger partial charge in [0.05, 0.1) is 6.04 Å². The number of carbonyl (C=O) groups is 4. The Labute approximate surface area is 226 Å².